The molecule has 2 heterocycles. The summed E-state index contributed by atoms with van der Waals surface area (Å²) in [5.41, 5.74) is 0.426. The SMILES string of the molecule is CCc1nc(NCC2(CCOC)CC2)c2ccsc2n1. The molecule has 2 aromatic rings. The number of thiophene rings is 1. The van der Waals surface area contributed by atoms with Gasteiger partial charge < -0.3 is 10.1 Å². The van der Waals surface area contributed by atoms with Crippen LogP contribution in [0, 0.1) is 5.41 Å². The third-order valence-corrected chi connectivity index (χ3v) is 4.92. The largest absolute Gasteiger partial charge is 0.385 e. The molecule has 0 atom stereocenters. The van der Waals surface area contributed by atoms with Gasteiger partial charge in [0.2, 0.25) is 0 Å². The number of ether oxygens (including phenoxy) is 1. The fourth-order valence-electron chi connectivity index (χ4n) is 2.47. The van der Waals surface area contributed by atoms with Crippen molar-refractivity contribution in [3.8, 4) is 0 Å². The van der Waals surface area contributed by atoms with E-state index >= 15 is 0 Å². The lowest BCUT2D eigenvalue weighted by atomic mass is 10.0. The summed E-state index contributed by atoms with van der Waals surface area (Å²) >= 11 is 1.68. The molecule has 0 unspecified atom stereocenters. The quantitative estimate of drug-likeness (QED) is 0.848. The topological polar surface area (TPSA) is 47.0 Å². The second kappa shape index (κ2) is 5.66. The molecular weight excluding hydrogens is 270 g/mol. The van der Waals surface area contributed by atoms with Crippen LogP contribution in [0.25, 0.3) is 10.2 Å². The molecule has 2 aromatic heterocycles. The molecule has 3 rings (SSSR count). The van der Waals surface area contributed by atoms with E-state index in [0.717, 1.165) is 47.9 Å². The van der Waals surface area contributed by atoms with Crippen LogP contribution in [0.5, 0.6) is 0 Å². The van der Waals surface area contributed by atoms with Crippen molar-refractivity contribution in [1.29, 1.82) is 0 Å². The van der Waals surface area contributed by atoms with Crippen LogP contribution in [0.4, 0.5) is 5.82 Å². The van der Waals surface area contributed by atoms with Crippen LogP contribution in [-0.4, -0.2) is 30.2 Å². The number of nitrogens with one attached hydrogen (secondary N) is 1. The Balaban J connectivity index is 1.75. The fraction of sp³-hybridized carbons (Fsp3) is 0.600. The molecule has 1 aliphatic carbocycles. The number of methoxy groups -OCH3 is 1. The van der Waals surface area contributed by atoms with Crippen LogP contribution in [0.15, 0.2) is 11.4 Å². The van der Waals surface area contributed by atoms with Crippen molar-refractivity contribution in [2.75, 3.05) is 25.6 Å². The minimum Gasteiger partial charge on any atom is -0.385 e. The minimum atomic E-state index is 0.426. The van der Waals surface area contributed by atoms with Crippen molar-refractivity contribution in [3.05, 3.63) is 17.3 Å². The van der Waals surface area contributed by atoms with Crippen LogP contribution in [0.3, 0.4) is 0 Å². The molecule has 4 nitrogen and oxygen atoms in total. The average molecular weight is 291 g/mol. The maximum atomic E-state index is 5.21. The molecule has 20 heavy (non-hydrogen) atoms. The lowest BCUT2D eigenvalue weighted by molar-refractivity contribution is 0.175. The van der Waals surface area contributed by atoms with E-state index in [0.29, 0.717) is 5.41 Å². The highest BCUT2D eigenvalue weighted by Crippen LogP contribution is 2.48. The fourth-order valence-corrected chi connectivity index (χ4v) is 3.26. The Morgan fingerprint density at radius 2 is 2.25 bits per heavy atom. The van der Waals surface area contributed by atoms with E-state index in [1.807, 2.05) is 0 Å². The molecule has 1 aliphatic rings. The molecule has 0 bridgehead atoms. The summed E-state index contributed by atoms with van der Waals surface area (Å²) in [5, 5.41) is 6.79. The summed E-state index contributed by atoms with van der Waals surface area (Å²) in [5.74, 6) is 1.92. The smallest absolute Gasteiger partial charge is 0.138 e. The molecular formula is C15H21N3OS. The zero-order chi connectivity index (χ0) is 14.0. The summed E-state index contributed by atoms with van der Waals surface area (Å²) in [6, 6.07) is 2.11. The van der Waals surface area contributed by atoms with Crippen LogP contribution in [-0.2, 0) is 11.2 Å². The molecule has 108 valence electrons. The summed E-state index contributed by atoms with van der Waals surface area (Å²) in [4.78, 5) is 10.3. The Kier molecular flexibility index (Phi) is 3.89. The molecule has 0 spiro atoms. The Hall–Kier alpha value is -1.20. The Bertz CT molecular complexity index is 592. The molecule has 1 fully saturated rings. The van der Waals surface area contributed by atoms with E-state index < -0.39 is 0 Å². The van der Waals surface area contributed by atoms with Gasteiger partial charge >= 0.3 is 0 Å². The second-order valence-electron chi connectivity index (χ2n) is 5.58. The van der Waals surface area contributed by atoms with Crippen LogP contribution < -0.4 is 5.32 Å². The van der Waals surface area contributed by atoms with Gasteiger partial charge in [0, 0.05) is 26.7 Å². The zero-order valence-corrected chi connectivity index (χ0v) is 12.9. The third-order valence-electron chi connectivity index (χ3n) is 4.11. The van der Waals surface area contributed by atoms with E-state index in [-0.39, 0.29) is 0 Å². The normalized spacial score (nSPS) is 16.5. The summed E-state index contributed by atoms with van der Waals surface area (Å²) in [6.07, 6.45) is 4.59. The van der Waals surface area contributed by atoms with E-state index in [1.165, 1.54) is 12.8 Å². The number of rotatable bonds is 7. The highest BCUT2D eigenvalue weighted by atomic mass is 32.1. The highest BCUT2D eigenvalue weighted by Gasteiger charge is 2.41. The first kappa shape index (κ1) is 13.8. The van der Waals surface area contributed by atoms with Gasteiger partial charge in [0.15, 0.2) is 0 Å². The summed E-state index contributed by atoms with van der Waals surface area (Å²) in [7, 11) is 1.77. The van der Waals surface area contributed by atoms with Gasteiger partial charge in [-0.05, 0) is 36.1 Å². The molecule has 0 saturated heterocycles. The Morgan fingerprint density at radius 3 is 2.95 bits per heavy atom. The summed E-state index contributed by atoms with van der Waals surface area (Å²) < 4.78 is 5.21. The number of hydrogen-bond donors (Lipinski definition) is 1. The lowest BCUT2D eigenvalue weighted by Crippen LogP contribution is -2.18. The van der Waals surface area contributed by atoms with Crippen molar-refractivity contribution < 1.29 is 4.74 Å². The number of hydrogen-bond acceptors (Lipinski definition) is 5. The minimum absolute atomic E-state index is 0.426. The lowest BCUT2D eigenvalue weighted by Gasteiger charge is -2.16. The van der Waals surface area contributed by atoms with Crippen molar-refractivity contribution in [2.24, 2.45) is 5.41 Å². The molecule has 0 aliphatic heterocycles. The molecule has 1 saturated carbocycles. The van der Waals surface area contributed by atoms with Gasteiger partial charge in [-0.25, -0.2) is 9.97 Å². The first-order valence-corrected chi connectivity index (χ1v) is 8.11. The number of nitrogens with zero attached hydrogens (tertiary/aromatic N) is 2. The Morgan fingerprint density at radius 1 is 1.40 bits per heavy atom. The number of fused-ring (bicyclic) bond motifs is 1. The van der Waals surface area contributed by atoms with E-state index in [2.05, 4.69) is 33.7 Å². The maximum Gasteiger partial charge on any atom is 0.138 e. The van der Waals surface area contributed by atoms with Crippen molar-refractivity contribution >= 4 is 27.4 Å². The molecule has 1 N–H and O–H groups in total. The standard InChI is InChI=1S/C15H21N3OS/c1-3-12-17-13(11-4-9-20-14(11)18-12)16-10-15(5-6-15)7-8-19-2/h4,9H,3,5-8,10H2,1-2H3,(H,16,17,18). The monoisotopic (exact) mass is 291 g/mol. The van der Waals surface area contributed by atoms with Gasteiger partial charge in [-0.1, -0.05) is 6.92 Å². The van der Waals surface area contributed by atoms with Gasteiger partial charge in [-0.2, -0.15) is 0 Å². The first-order valence-electron chi connectivity index (χ1n) is 7.23. The van der Waals surface area contributed by atoms with Gasteiger partial charge in [0.25, 0.3) is 0 Å². The maximum absolute atomic E-state index is 5.21. The average Bonchev–Trinajstić information content (AvgIpc) is 3.09. The number of anilines is 1. The van der Waals surface area contributed by atoms with Gasteiger partial charge in [-0.3, -0.25) is 0 Å². The van der Waals surface area contributed by atoms with Crippen LogP contribution in [0.2, 0.25) is 0 Å². The van der Waals surface area contributed by atoms with Crippen molar-refractivity contribution in [2.45, 2.75) is 32.6 Å². The number of aryl methyl sites for hydroxylation is 1. The van der Waals surface area contributed by atoms with Crippen LogP contribution >= 0.6 is 11.3 Å². The first-order chi connectivity index (χ1) is 9.76. The molecule has 0 aromatic carbocycles. The molecule has 0 radical (unpaired) electrons. The van der Waals surface area contributed by atoms with Crippen molar-refractivity contribution in [3.63, 3.8) is 0 Å². The predicted octanol–water partition coefficient (Wildman–Crippen LogP) is 3.48. The van der Waals surface area contributed by atoms with E-state index in [4.69, 9.17) is 4.74 Å². The number of aromatic nitrogens is 2. The molecule has 5 heteroatoms. The molecule has 0 amide bonds. The predicted molar refractivity (Wildman–Crippen MR) is 83.4 cm³/mol. The van der Waals surface area contributed by atoms with Gasteiger partial charge in [0.1, 0.15) is 16.5 Å². The van der Waals surface area contributed by atoms with E-state index in [1.54, 1.807) is 18.4 Å². The van der Waals surface area contributed by atoms with Crippen LogP contribution in [0.1, 0.15) is 32.0 Å². The zero-order valence-electron chi connectivity index (χ0n) is 12.1. The third kappa shape index (κ3) is 2.79. The highest BCUT2D eigenvalue weighted by molar-refractivity contribution is 7.16. The Labute approximate surface area is 123 Å². The second-order valence-corrected chi connectivity index (χ2v) is 6.47. The van der Waals surface area contributed by atoms with E-state index in [9.17, 15) is 0 Å². The van der Waals surface area contributed by atoms with Gasteiger partial charge in [0.05, 0.1) is 5.39 Å². The summed E-state index contributed by atoms with van der Waals surface area (Å²) in [6.45, 7) is 3.93. The van der Waals surface area contributed by atoms with Crippen molar-refractivity contribution in [1.82, 2.24) is 9.97 Å². The van der Waals surface area contributed by atoms with Gasteiger partial charge in [-0.15, -0.1) is 11.3 Å².